The molecule has 1 heterocycles. The Hall–Kier alpha value is -4.65. The van der Waals surface area contributed by atoms with Crippen LogP contribution in [0.25, 0.3) is 22.3 Å². The lowest BCUT2D eigenvalue weighted by Crippen LogP contribution is -2.32. The Labute approximate surface area is 386 Å². The summed E-state index contributed by atoms with van der Waals surface area (Å²) in [6.45, 7) is -11.0. The van der Waals surface area contributed by atoms with Gasteiger partial charge in [-0.1, -0.05) is 115 Å². The second-order valence-electron chi connectivity index (χ2n) is 16.3. The molecule has 1 aliphatic rings. The zero-order valence-electron chi connectivity index (χ0n) is 45.6. The summed E-state index contributed by atoms with van der Waals surface area (Å²) in [6.07, 6.45) is 16.9. The van der Waals surface area contributed by atoms with Gasteiger partial charge in [-0.2, -0.15) is 0 Å². The minimum atomic E-state index is -3.40. The lowest BCUT2D eigenvalue weighted by molar-refractivity contribution is -0.140. The maximum absolute atomic E-state index is 12.1. The maximum Gasteiger partial charge on any atom is 0.341 e. The SMILES string of the molecule is [2H]C1([2H])OCc2cc(C)cc(c2OCC(=O)O)-c2cc(C)cc(c2OCC(=O)O)-c2cc(C)cc(c2OCC(=O)O)COC([2H])([2H])C([2H])([2H])N(CCCCCCCCCCCCCCCCCC)C1([2H])[2H]. The number of benzene rings is 3. The number of hydrogen-bond acceptors (Lipinski definition) is 9. The van der Waals surface area contributed by atoms with Crippen LogP contribution in [0.4, 0.5) is 0 Å². The fourth-order valence-corrected chi connectivity index (χ4v) is 7.74. The van der Waals surface area contributed by atoms with Crippen LogP contribution in [0.5, 0.6) is 17.2 Å². The topological polar surface area (TPSA) is 161 Å². The lowest BCUT2D eigenvalue weighted by atomic mass is 9.90. The number of unbranched alkanes of at least 4 members (excludes halogenated alkanes) is 15. The highest BCUT2D eigenvalue weighted by Gasteiger charge is 2.25. The Balaban J connectivity index is 1.79. The van der Waals surface area contributed by atoms with Crippen LogP contribution >= 0.6 is 0 Å². The first-order chi connectivity index (χ1) is 33.4. The van der Waals surface area contributed by atoms with Crippen molar-refractivity contribution >= 4 is 17.9 Å². The highest BCUT2D eigenvalue weighted by molar-refractivity contribution is 5.89. The smallest absolute Gasteiger partial charge is 0.341 e. The van der Waals surface area contributed by atoms with Crippen molar-refractivity contribution in [3.05, 3.63) is 64.2 Å². The molecule has 0 saturated heterocycles. The molecule has 0 aliphatic carbocycles. The molecule has 0 fully saturated rings. The molecule has 348 valence electrons. The third-order valence-corrected chi connectivity index (χ3v) is 10.7. The van der Waals surface area contributed by atoms with E-state index in [1.165, 1.54) is 69.9 Å². The van der Waals surface area contributed by atoms with Crippen molar-refractivity contribution in [2.45, 2.75) is 144 Å². The van der Waals surface area contributed by atoms with Crippen LogP contribution in [0.1, 0.15) is 148 Å². The summed E-state index contributed by atoms with van der Waals surface area (Å²) >= 11 is 0. The zero-order chi connectivity index (χ0) is 52.6. The summed E-state index contributed by atoms with van der Waals surface area (Å²) in [5.41, 5.74) is 2.25. The minimum Gasteiger partial charge on any atom is -0.481 e. The van der Waals surface area contributed by atoms with Gasteiger partial charge >= 0.3 is 17.9 Å². The van der Waals surface area contributed by atoms with Crippen molar-refractivity contribution < 1.29 is 64.4 Å². The molecule has 6 bridgehead atoms. The van der Waals surface area contributed by atoms with Crippen LogP contribution in [-0.4, -0.2) is 90.6 Å². The second kappa shape index (κ2) is 28.2. The molecule has 0 atom stereocenters. The molecule has 1 aliphatic heterocycles. The van der Waals surface area contributed by atoms with E-state index in [2.05, 4.69) is 6.92 Å². The summed E-state index contributed by atoms with van der Waals surface area (Å²) in [5, 5.41) is 29.4. The van der Waals surface area contributed by atoms with Gasteiger partial charge in [0.1, 0.15) is 17.2 Å². The first-order valence-electron chi connectivity index (χ1n) is 26.4. The number of carboxylic acid groups (broad SMARTS) is 3. The number of hydrogen-bond donors (Lipinski definition) is 3. The van der Waals surface area contributed by atoms with Crippen LogP contribution in [-0.2, 0) is 37.1 Å². The number of ether oxygens (including phenoxy) is 5. The minimum absolute atomic E-state index is 0.0311. The molecule has 12 nitrogen and oxygen atoms in total. The summed E-state index contributed by atoms with van der Waals surface area (Å²) in [5.74, 6) is -4.55. The fraction of sp³-hybridized carbons (Fsp3) is 0.588. The first kappa shape index (κ1) is 39.9. The van der Waals surface area contributed by atoms with Crippen LogP contribution in [0.3, 0.4) is 0 Å². The molecule has 0 amide bonds. The Morgan fingerprint density at radius 1 is 0.524 bits per heavy atom. The molecular formula is C51H73NO11. The largest absolute Gasteiger partial charge is 0.481 e. The Morgan fingerprint density at radius 3 is 1.21 bits per heavy atom. The summed E-state index contributed by atoms with van der Waals surface area (Å²) < 4.78 is 103. The standard InChI is InChI=1S/C51H73NO11/c1-5-6-7-8-9-10-11-12-13-14-15-16-17-18-19-20-21-52-22-24-59-32-40-26-37(2)28-42(49(40)61-34-46(53)54)44-30-39(4)31-45(51(44)63-36-48(57)58)43-29-38(3)27-41(33-60-25-23-52)50(43)62-35-47(55)56/h26-31H,5-25,32-36H2,1-4H3,(H,53,54)(H,55,56)(H,57,58)/i22D2,23D2,24D2,25D2. The number of rotatable bonds is 26. The molecule has 3 N–H and O–H groups in total. The van der Waals surface area contributed by atoms with Crippen molar-refractivity contribution in [3.8, 4) is 39.5 Å². The molecule has 0 unspecified atom stereocenters. The van der Waals surface area contributed by atoms with E-state index in [0.29, 0.717) is 28.0 Å². The molecule has 3 aromatic carbocycles. The van der Waals surface area contributed by atoms with Gasteiger partial charge in [0.25, 0.3) is 0 Å². The first-order valence-corrected chi connectivity index (χ1v) is 22.4. The number of carboxylic acids is 3. The van der Waals surface area contributed by atoms with E-state index in [9.17, 15) is 35.2 Å². The van der Waals surface area contributed by atoms with E-state index >= 15 is 0 Å². The predicted octanol–water partition coefficient (Wildman–Crippen LogP) is 10.9. The maximum atomic E-state index is 12.1. The van der Waals surface area contributed by atoms with Gasteiger partial charge < -0.3 is 39.0 Å². The molecule has 3 aromatic rings. The van der Waals surface area contributed by atoms with E-state index in [4.69, 9.17) is 29.2 Å². The van der Waals surface area contributed by atoms with Crippen molar-refractivity contribution in [2.75, 3.05) is 52.5 Å². The van der Waals surface area contributed by atoms with E-state index < -0.39 is 83.6 Å². The highest BCUT2D eigenvalue weighted by Crippen LogP contribution is 2.48. The Morgan fingerprint density at radius 2 is 0.841 bits per heavy atom. The van der Waals surface area contributed by atoms with Crippen LogP contribution in [0, 0.1) is 20.8 Å². The Kier molecular flexibility index (Phi) is 17.9. The van der Waals surface area contributed by atoms with Gasteiger partial charge in [0.05, 0.1) is 31.8 Å². The summed E-state index contributed by atoms with van der Waals surface area (Å²) in [6, 6.07) is 9.46. The van der Waals surface area contributed by atoms with Crippen LogP contribution in [0.2, 0.25) is 0 Å². The van der Waals surface area contributed by atoms with Gasteiger partial charge in [-0.3, -0.25) is 4.90 Å². The molecule has 0 saturated carbocycles. The average Bonchev–Trinajstić information content (AvgIpc) is 3.28. The normalized spacial score (nSPS) is 18.6. The van der Waals surface area contributed by atoms with Gasteiger partial charge in [-0.05, 0) is 74.7 Å². The van der Waals surface area contributed by atoms with Crippen molar-refractivity contribution in [2.24, 2.45) is 0 Å². The van der Waals surface area contributed by atoms with Crippen molar-refractivity contribution in [3.63, 3.8) is 0 Å². The number of nitrogens with zero attached hydrogens (tertiary/aromatic N) is 1. The predicted molar refractivity (Wildman–Crippen MR) is 246 cm³/mol. The van der Waals surface area contributed by atoms with E-state index in [0.717, 1.165) is 32.1 Å². The van der Waals surface area contributed by atoms with Crippen molar-refractivity contribution in [1.29, 1.82) is 0 Å². The number of aryl methyl sites for hydroxylation is 3. The monoisotopic (exact) mass is 884 g/mol. The summed E-state index contributed by atoms with van der Waals surface area (Å²) in [4.78, 5) is 36.5. The number of carbonyl (C=O) groups is 3. The van der Waals surface area contributed by atoms with Crippen LogP contribution < -0.4 is 14.2 Å². The van der Waals surface area contributed by atoms with Crippen LogP contribution in [0.15, 0.2) is 36.4 Å². The number of fused-ring (bicyclic) bond motifs is 8. The van der Waals surface area contributed by atoms with Gasteiger partial charge in [0, 0.05) is 51.9 Å². The third kappa shape index (κ3) is 18.2. The van der Waals surface area contributed by atoms with Crippen molar-refractivity contribution in [1.82, 2.24) is 4.90 Å². The van der Waals surface area contributed by atoms with Gasteiger partial charge in [-0.25, -0.2) is 14.4 Å². The van der Waals surface area contributed by atoms with E-state index in [1.54, 1.807) is 45.0 Å². The van der Waals surface area contributed by atoms with E-state index in [-0.39, 0.29) is 57.1 Å². The average molecular weight is 884 g/mol. The highest BCUT2D eigenvalue weighted by atomic mass is 16.5. The van der Waals surface area contributed by atoms with Gasteiger partial charge in [0.15, 0.2) is 19.8 Å². The third-order valence-electron chi connectivity index (χ3n) is 10.7. The number of aliphatic carboxylic acids is 3. The fourth-order valence-electron chi connectivity index (χ4n) is 7.74. The molecule has 4 rings (SSSR count). The molecule has 0 spiro atoms. The molecule has 0 radical (unpaired) electrons. The Bertz CT molecular complexity index is 2130. The molecule has 12 heteroatoms. The van der Waals surface area contributed by atoms with E-state index in [1.807, 2.05) is 0 Å². The second-order valence-corrected chi connectivity index (χ2v) is 16.3. The lowest BCUT2D eigenvalue weighted by Gasteiger charge is -2.25. The molecular weight excluding hydrogens is 803 g/mol. The molecule has 0 aromatic heterocycles. The zero-order valence-corrected chi connectivity index (χ0v) is 37.6. The van der Waals surface area contributed by atoms with Gasteiger partial charge in [-0.15, -0.1) is 0 Å². The molecule has 63 heavy (non-hydrogen) atoms. The van der Waals surface area contributed by atoms with Gasteiger partial charge in [0.2, 0.25) is 0 Å². The summed E-state index contributed by atoms with van der Waals surface area (Å²) in [7, 11) is 0. The quantitative estimate of drug-likeness (QED) is 0.0656.